The highest BCUT2D eigenvalue weighted by atomic mass is 35.5. The van der Waals surface area contributed by atoms with Crippen LogP contribution in [0, 0.1) is 6.92 Å². The Bertz CT molecular complexity index is 580. The predicted octanol–water partition coefficient (Wildman–Crippen LogP) is 1.16. The second kappa shape index (κ2) is 8.29. The molecule has 126 valence electrons. The first-order valence-corrected chi connectivity index (χ1v) is 8.05. The van der Waals surface area contributed by atoms with E-state index < -0.39 is 0 Å². The zero-order chi connectivity index (χ0) is 16.8. The Kier molecular flexibility index (Phi) is 6.38. The normalized spacial score (nSPS) is 18.5. The Morgan fingerprint density at radius 1 is 1.39 bits per heavy atom. The van der Waals surface area contributed by atoms with Gasteiger partial charge in [0.1, 0.15) is 0 Å². The van der Waals surface area contributed by atoms with Crippen molar-refractivity contribution in [2.45, 2.75) is 25.9 Å². The maximum atomic E-state index is 11.9. The summed E-state index contributed by atoms with van der Waals surface area (Å²) in [5.41, 5.74) is 1.42. The number of hydrogen-bond acceptors (Lipinski definition) is 4. The molecule has 1 aromatic rings. The van der Waals surface area contributed by atoms with Gasteiger partial charge in [0, 0.05) is 17.3 Å². The lowest BCUT2D eigenvalue weighted by Gasteiger charge is -2.29. The quantitative estimate of drug-likeness (QED) is 0.752. The van der Waals surface area contributed by atoms with E-state index >= 15 is 0 Å². The Morgan fingerprint density at radius 3 is 2.91 bits per heavy atom. The van der Waals surface area contributed by atoms with Crippen LogP contribution in [-0.4, -0.2) is 54.1 Å². The molecule has 3 N–H and O–H groups in total. The smallest absolute Gasteiger partial charge is 0.243 e. The molecule has 0 spiro atoms. The number of hydrogen-bond donors (Lipinski definition) is 3. The minimum absolute atomic E-state index is 0.0961. The average molecular weight is 340 g/mol. The first kappa shape index (κ1) is 17.7. The summed E-state index contributed by atoms with van der Waals surface area (Å²) in [6, 6.07) is 5.27. The van der Waals surface area contributed by atoms with Gasteiger partial charge in [-0.05, 0) is 44.0 Å². The molecular formula is C16H22ClN3O3. The molecule has 2 rings (SSSR count). The van der Waals surface area contributed by atoms with Gasteiger partial charge in [-0.25, -0.2) is 0 Å². The van der Waals surface area contributed by atoms with Gasteiger partial charge in [-0.1, -0.05) is 17.7 Å². The molecule has 1 aliphatic heterocycles. The van der Waals surface area contributed by atoms with Crippen LogP contribution in [0.1, 0.15) is 18.4 Å². The van der Waals surface area contributed by atoms with Crippen molar-refractivity contribution in [2.75, 3.05) is 31.5 Å². The molecule has 1 fully saturated rings. The Balaban J connectivity index is 1.75. The maximum absolute atomic E-state index is 11.9. The third-order valence-corrected chi connectivity index (χ3v) is 4.25. The molecule has 2 amide bonds. The van der Waals surface area contributed by atoms with Crippen LogP contribution >= 0.6 is 11.6 Å². The summed E-state index contributed by atoms with van der Waals surface area (Å²) in [5, 5.41) is 15.5. The van der Waals surface area contributed by atoms with E-state index in [0.717, 1.165) is 24.9 Å². The van der Waals surface area contributed by atoms with Gasteiger partial charge in [0.25, 0.3) is 0 Å². The molecule has 1 aliphatic rings. The summed E-state index contributed by atoms with van der Waals surface area (Å²) in [6.45, 7) is 3.21. The van der Waals surface area contributed by atoms with Crippen molar-refractivity contribution in [3.63, 3.8) is 0 Å². The molecule has 1 saturated heterocycles. The number of aliphatic hydroxyl groups excluding tert-OH is 1. The van der Waals surface area contributed by atoms with Gasteiger partial charge >= 0.3 is 0 Å². The van der Waals surface area contributed by atoms with Crippen LogP contribution in [-0.2, 0) is 9.59 Å². The van der Waals surface area contributed by atoms with E-state index in [4.69, 9.17) is 11.6 Å². The molecule has 0 bridgehead atoms. The number of rotatable bonds is 5. The average Bonchev–Trinajstić information content (AvgIpc) is 2.50. The number of carbonyl (C=O) groups is 2. The van der Waals surface area contributed by atoms with Gasteiger partial charge in [0.2, 0.25) is 11.8 Å². The summed E-state index contributed by atoms with van der Waals surface area (Å²) in [6.07, 6.45) is 1.29. The van der Waals surface area contributed by atoms with E-state index in [-0.39, 0.29) is 31.0 Å². The summed E-state index contributed by atoms with van der Waals surface area (Å²) in [5.74, 6) is -0.528. The number of carbonyl (C=O) groups excluding carboxylic acids is 2. The number of likely N-dealkylation sites (tertiary alicyclic amines) is 1. The number of nitrogens with zero attached hydrogens (tertiary/aromatic N) is 1. The van der Waals surface area contributed by atoms with Crippen LogP contribution in [0.4, 0.5) is 5.69 Å². The highest BCUT2D eigenvalue weighted by Crippen LogP contribution is 2.22. The lowest BCUT2D eigenvalue weighted by molar-refractivity contribution is -0.125. The van der Waals surface area contributed by atoms with Crippen LogP contribution in [0.15, 0.2) is 18.2 Å². The van der Waals surface area contributed by atoms with Gasteiger partial charge in [-0.15, -0.1) is 0 Å². The molecule has 1 aromatic carbocycles. The van der Waals surface area contributed by atoms with Crippen molar-refractivity contribution >= 4 is 29.1 Å². The van der Waals surface area contributed by atoms with Crippen molar-refractivity contribution in [3.05, 3.63) is 28.8 Å². The summed E-state index contributed by atoms with van der Waals surface area (Å²) >= 11 is 6.00. The monoisotopic (exact) mass is 339 g/mol. The zero-order valence-corrected chi connectivity index (χ0v) is 13.9. The van der Waals surface area contributed by atoms with Gasteiger partial charge < -0.3 is 15.7 Å². The van der Waals surface area contributed by atoms with Crippen LogP contribution in [0.25, 0.3) is 0 Å². The summed E-state index contributed by atoms with van der Waals surface area (Å²) in [7, 11) is 0. The van der Waals surface area contributed by atoms with Gasteiger partial charge in [0.05, 0.1) is 19.2 Å². The largest absolute Gasteiger partial charge is 0.392 e. The third kappa shape index (κ3) is 5.49. The minimum Gasteiger partial charge on any atom is -0.392 e. The minimum atomic E-state index is -0.370. The molecule has 23 heavy (non-hydrogen) atoms. The van der Waals surface area contributed by atoms with Gasteiger partial charge in [0.15, 0.2) is 0 Å². The van der Waals surface area contributed by atoms with Crippen molar-refractivity contribution in [3.8, 4) is 0 Å². The summed E-state index contributed by atoms with van der Waals surface area (Å²) in [4.78, 5) is 25.7. The van der Waals surface area contributed by atoms with E-state index in [2.05, 4.69) is 10.6 Å². The van der Waals surface area contributed by atoms with Crippen LogP contribution in [0.5, 0.6) is 0 Å². The van der Waals surface area contributed by atoms with E-state index in [1.54, 1.807) is 18.2 Å². The summed E-state index contributed by atoms with van der Waals surface area (Å²) < 4.78 is 0. The molecule has 0 aliphatic carbocycles. The van der Waals surface area contributed by atoms with E-state index in [0.29, 0.717) is 17.3 Å². The molecular weight excluding hydrogens is 318 g/mol. The molecule has 1 unspecified atom stereocenters. The topological polar surface area (TPSA) is 81.7 Å². The van der Waals surface area contributed by atoms with Crippen molar-refractivity contribution in [1.29, 1.82) is 0 Å². The van der Waals surface area contributed by atoms with Gasteiger partial charge in [-0.3, -0.25) is 14.5 Å². The standard InChI is InChI=1S/C16H22ClN3O3/c1-11-13(17)5-2-6-14(11)19-15(22)8-18-16(23)10-20-7-3-4-12(21)9-20/h2,5-6,12,21H,3-4,7-10H2,1H3,(H,18,23)(H,19,22). The Morgan fingerprint density at radius 2 is 2.17 bits per heavy atom. The predicted molar refractivity (Wildman–Crippen MR) is 89.5 cm³/mol. The Hall–Kier alpha value is -1.63. The van der Waals surface area contributed by atoms with Crippen molar-refractivity contribution in [1.82, 2.24) is 10.2 Å². The lowest BCUT2D eigenvalue weighted by Crippen LogP contribution is -2.45. The second-order valence-electron chi connectivity index (χ2n) is 5.77. The number of piperidine rings is 1. The van der Waals surface area contributed by atoms with Crippen molar-refractivity contribution < 1.29 is 14.7 Å². The third-order valence-electron chi connectivity index (χ3n) is 3.84. The molecule has 1 heterocycles. The lowest BCUT2D eigenvalue weighted by atomic mass is 10.1. The molecule has 0 radical (unpaired) electrons. The maximum Gasteiger partial charge on any atom is 0.243 e. The number of amides is 2. The molecule has 1 atom stereocenters. The number of anilines is 1. The van der Waals surface area contributed by atoms with Crippen LogP contribution in [0.3, 0.4) is 0 Å². The van der Waals surface area contributed by atoms with Gasteiger partial charge in [-0.2, -0.15) is 0 Å². The Labute approximate surface area is 140 Å². The number of aliphatic hydroxyl groups is 1. The zero-order valence-electron chi connectivity index (χ0n) is 13.1. The van der Waals surface area contributed by atoms with E-state index in [9.17, 15) is 14.7 Å². The molecule has 6 nitrogen and oxygen atoms in total. The fraction of sp³-hybridized carbons (Fsp3) is 0.500. The number of β-amino-alcohol motifs (C(OH)–C–C–N with tert-alkyl or cyclic N) is 1. The number of benzene rings is 1. The number of halogens is 1. The SMILES string of the molecule is Cc1c(Cl)cccc1NC(=O)CNC(=O)CN1CCCC(O)C1. The highest BCUT2D eigenvalue weighted by molar-refractivity contribution is 6.31. The second-order valence-corrected chi connectivity index (χ2v) is 6.18. The van der Waals surface area contributed by atoms with Crippen LogP contribution < -0.4 is 10.6 Å². The number of nitrogens with one attached hydrogen (secondary N) is 2. The fourth-order valence-electron chi connectivity index (χ4n) is 2.55. The fourth-order valence-corrected chi connectivity index (χ4v) is 2.72. The molecule has 0 saturated carbocycles. The van der Waals surface area contributed by atoms with Crippen LogP contribution in [0.2, 0.25) is 5.02 Å². The first-order valence-electron chi connectivity index (χ1n) is 7.68. The molecule has 7 heteroatoms. The van der Waals surface area contributed by atoms with E-state index in [1.165, 1.54) is 0 Å². The van der Waals surface area contributed by atoms with Crippen molar-refractivity contribution in [2.24, 2.45) is 0 Å². The molecule has 0 aromatic heterocycles. The first-order chi connectivity index (χ1) is 11.0. The van der Waals surface area contributed by atoms with E-state index in [1.807, 2.05) is 11.8 Å². The highest BCUT2D eigenvalue weighted by Gasteiger charge is 2.19.